The number of nitrogens with zero attached hydrogens (tertiary/aromatic N) is 2. The summed E-state index contributed by atoms with van der Waals surface area (Å²) in [5.74, 6) is 1.49. The third-order valence-electron chi connectivity index (χ3n) is 4.43. The number of nitrogens with two attached hydrogens (primary N) is 2. The highest BCUT2D eigenvalue weighted by atomic mass is 32.2. The van der Waals surface area contributed by atoms with Crippen molar-refractivity contribution in [2.45, 2.75) is 11.3 Å². The van der Waals surface area contributed by atoms with Gasteiger partial charge in [0.25, 0.3) is 10.0 Å². The van der Waals surface area contributed by atoms with Crippen LogP contribution in [0.25, 0.3) is 0 Å². The second-order valence-electron chi connectivity index (χ2n) is 6.49. The summed E-state index contributed by atoms with van der Waals surface area (Å²) in [5, 5.41) is 0. The molecular formula is C20H23N5O5S. The van der Waals surface area contributed by atoms with Crippen LogP contribution in [-0.4, -0.2) is 39.7 Å². The minimum absolute atomic E-state index is 0.0328. The van der Waals surface area contributed by atoms with Crippen LogP contribution >= 0.6 is 0 Å². The third kappa shape index (κ3) is 4.89. The first-order valence-corrected chi connectivity index (χ1v) is 10.5. The van der Waals surface area contributed by atoms with Crippen molar-refractivity contribution < 1.29 is 22.6 Å². The minimum Gasteiger partial charge on any atom is -0.493 e. The second-order valence-corrected chi connectivity index (χ2v) is 8.17. The fourth-order valence-electron chi connectivity index (χ4n) is 2.89. The molecule has 0 fully saturated rings. The lowest BCUT2D eigenvalue weighted by Crippen LogP contribution is -2.16. The molecule has 0 saturated carbocycles. The van der Waals surface area contributed by atoms with E-state index in [1.54, 1.807) is 12.1 Å². The van der Waals surface area contributed by atoms with Crippen molar-refractivity contribution in [2.24, 2.45) is 0 Å². The highest BCUT2D eigenvalue weighted by Crippen LogP contribution is 2.38. The molecule has 5 N–H and O–H groups in total. The Hall–Kier alpha value is -3.73. The third-order valence-corrected chi connectivity index (χ3v) is 5.78. The van der Waals surface area contributed by atoms with Crippen LogP contribution in [0, 0.1) is 0 Å². The maximum Gasteiger partial charge on any atom is 0.264 e. The van der Waals surface area contributed by atoms with Crippen LogP contribution < -0.4 is 30.4 Å². The number of hydrogen-bond donors (Lipinski definition) is 3. The molecule has 1 heterocycles. The smallest absolute Gasteiger partial charge is 0.264 e. The predicted molar refractivity (Wildman–Crippen MR) is 117 cm³/mol. The number of rotatable bonds is 8. The van der Waals surface area contributed by atoms with Gasteiger partial charge in [-0.1, -0.05) is 0 Å². The fourth-order valence-corrected chi connectivity index (χ4v) is 3.84. The minimum atomic E-state index is -3.88. The topological polar surface area (TPSA) is 152 Å². The molecular weight excluding hydrogens is 422 g/mol. The van der Waals surface area contributed by atoms with Crippen LogP contribution in [0.3, 0.4) is 0 Å². The number of methoxy groups -OCH3 is 3. The lowest BCUT2D eigenvalue weighted by Gasteiger charge is -2.14. The molecule has 11 heteroatoms. The molecule has 164 valence electrons. The van der Waals surface area contributed by atoms with Crippen molar-refractivity contribution >= 4 is 27.5 Å². The first-order valence-electron chi connectivity index (χ1n) is 9.06. The summed E-state index contributed by atoms with van der Waals surface area (Å²) in [4.78, 5) is 8.20. The molecule has 0 atom stereocenters. The molecule has 31 heavy (non-hydrogen) atoms. The molecule has 0 unspecified atom stereocenters. The van der Waals surface area contributed by atoms with E-state index in [0.29, 0.717) is 34.9 Å². The number of hydrogen-bond acceptors (Lipinski definition) is 9. The Morgan fingerprint density at radius 2 is 1.58 bits per heavy atom. The molecule has 0 aliphatic heterocycles. The Morgan fingerprint density at radius 1 is 0.968 bits per heavy atom. The van der Waals surface area contributed by atoms with Gasteiger partial charge < -0.3 is 25.7 Å². The van der Waals surface area contributed by atoms with Gasteiger partial charge in [-0.25, -0.2) is 18.1 Å². The van der Waals surface area contributed by atoms with Crippen LogP contribution in [0.15, 0.2) is 47.5 Å². The van der Waals surface area contributed by atoms with Crippen LogP contribution in [0.1, 0.15) is 11.1 Å². The van der Waals surface area contributed by atoms with Gasteiger partial charge in [0.2, 0.25) is 11.7 Å². The van der Waals surface area contributed by atoms with Crippen molar-refractivity contribution in [3.63, 3.8) is 0 Å². The Labute approximate surface area is 180 Å². The average molecular weight is 446 g/mol. The number of nitrogen functional groups attached to an aromatic ring is 2. The summed E-state index contributed by atoms with van der Waals surface area (Å²) in [6, 6.07) is 9.34. The summed E-state index contributed by atoms with van der Waals surface area (Å²) in [6.07, 6.45) is 1.83. The molecule has 10 nitrogen and oxygen atoms in total. The summed E-state index contributed by atoms with van der Waals surface area (Å²) in [6.45, 7) is 0. The molecule has 0 amide bonds. The molecule has 3 rings (SSSR count). The molecule has 0 bridgehead atoms. The Bertz CT molecular complexity index is 1160. The van der Waals surface area contributed by atoms with E-state index in [-0.39, 0.29) is 16.7 Å². The zero-order valence-corrected chi connectivity index (χ0v) is 18.1. The Morgan fingerprint density at radius 3 is 2.10 bits per heavy atom. The quantitative estimate of drug-likeness (QED) is 0.442. The van der Waals surface area contributed by atoms with Crippen LogP contribution in [0.5, 0.6) is 17.2 Å². The Balaban J connectivity index is 1.84. The lowest BCUT2D eigenvalue weighted by atomic mass is 10.1. The van der Waals surface area contributed by atoms with Gasteiger partial charge in [-0.2, -0.15) is 4.98 Å². The van der Waals surface area contributed by atoms with Gasteiger partial charge >= 0.3 is 0 Å². The fraction of sp³-hybridized carbons (Fsp3) is 0.200. The largest absolute Gasteiger partial charge is 0.493 e. The van der Waals surface area contributed by atoms with Gasteiger partial charge in [-0.15, -0.1) is 0 Å². The number of aromatic nitrogens is 2. The first-order chi connectivity index (χ1) is 14.8. The normalized spacial score (nSPS) is 11.1. The van der Waals surface area contributed by atoms with Gasteiger partial charge in [0.05, 0.1) is 26.2 Å². The van der Waals surface area contributed by atoms with Crippen LogP contribution in [0.2, 0.25) is 0 Å². The molecule has 0 radical (unpaired) electrons. The van der Waals surface area contributed by atoms with Gasteiger partial charge in [0.15, 0.2) is 11.5 Å². The SMILES string of the molecule is COc1cc(Cc2cnc(NS(=O)(=O)c3ccc(N)cc3)nc2N)cc(OC)c1OC. The molecule has 0 aliphatic carbocycles. The summed E-state index contributed by atoms with van der Waals surface area (Å²) < 4.78 is 43.3. The van der Waals surface area contributed by atoms with E-state index in [1.807, 2.05) is 0 Å². The maximum atomic E-state index is 12.5. The maximum absolute atomic E-state index is 12.5. The predicted octanol–water partition coefficient (Wildman–Crippen LogP) is 2.06. The second kappa shape index (κ2) is 8.96. The monoisotopic (exact) mass is 445 g/mol. The van der Waals surface area contributed by atoms with Crippen LogP contribution in [0.4, 0.5) is 17.5 Å². The summed E-state index contributed by atoms with van der Waals surface area (Å²) in [5.41, 5.74) is 13.5. The van der Waals surface area contributed by atoms with Crippen molar-refractivity contribution in [2.75, 3.05) is 37.5 Å². The van der Waals surface area contributed by atoms with Gasteiger partial charge in [0.1, 0.15) is 5.82 Å². The molecule has 2 aromatic carbocycles. The molecule has 3 aromatic rings. The lowest BCUT2D eigenvalue weighted by molar-refractivity contribution is 0.324. The van der Waals surface area contributed by atoms with Gasteiger partial charge in [-0.3, -0.25) is 0 Å². The van der Waals surface area contributed by atoms with E-state index in [1.165, 1.54) is 51.8 Å². The highest BCUT2D eigenvalue weighted by Gasteiger charge is 2.18. The summed E-state index contributed by atoms with van der Waals surface area (Å²) >= 11 is 0. The molecule has 0 saturated heterocycles. The van der Waals surface area contributed by atoms with Gasteiger partial charge in [-0.05, 0) is 42.0 Å². The highest BCUT2D eigenvalue weighted by molar-refractivity contribution is 7.92. The number of benzene rings is 2. The Kier molecular flexibility index (Phi) is 6.35. The van der Waals surface area contributed by atoms with E-state index < -0.39 is 10.0 Å². The molecule has 0 spiro atoms. The number of sulfonamides is 1. The van der Waals surface area contributed by atoms with E-state index in [4.69, 9.17) is 25.7 Å². The average Bonchev–Trinajstić information content (AvgIpc) is 2.75. The summed E-state index contributed by atoms with van der Waals surface area (Å²) in [7, 11) is 0.703. The molecule has 0 aliphatic rings. The van der Waals surface area contributed by atoms with E-state index in [0.717, 1.165) is 5.56 Å². The van der Waals surface area contributed by atoms with E-state index >= 15 is 0 Å². The van der Waals surface area contributed by atoms with E-state index in [9.17, 15) is 8.42 Å². The van der Waals surface area contributed by atoms with Crippen LogP contribution in [-0.2, 0) is 16.4 Å². The van der Waals surface area contributed by atoms with E-state index in [2.05, 4.69) is 14.7 Å². The number of nitrogens with one attached hydrogen (secondary N) is 1. The zero-order valence-electron chi connectivity index (χ0n) is 17.2. The van der Waals surface area contributed by atoms with Crippen molar-refractivity contribution in [3.05, 3.63) is 53.7 Å². The zero-order chi connectivity index (χ0) is 22.6. The van der Waals surface area contributed by atoms with Crippen molar-refractivity contribution in [3.8, 4) is 17.2 Å². The first kappa shape index (κ1) is 22.0. The number of ether oxygens (including phenoxy) is 3. The number of anilines is 3. The molecule has 1 aromatic heterocycles. The van der Waals surface area contributed by atoms with Crippen molar-refractivity contribution in [1.29, 1.82) is 0 Å². The van der Waals surface area contributed by atoms with Gasteiger partial charge in [0, 0.05) is 23.9 Å². The van der Waals surface area contributed by atoms with Crippen molar-refractivity contribution in [1.82, 2.24) is 9.97 Å². The standard InChI is InChI=1S/C20H23N5O5S/c1-28-16-9-12(10-17(29-2)18(16)30-3)8-13-11-23-20(24-19(13)22)25-31(26,27)15-6-4-14(21)5-7-15/h4-7,9-11H,8,21H2,1-3H3,(H3,22,23,24,25).